The quantitative estimate of drug-likeness (QED) is 0.798. The highest BCUT2D eigenvalue weighted by Gasteiger charge is 2.35. The Balaban J connectivity index is 1.70. The molecule has 1 aromatic carbocycles. The number of carbonyl (C=O) groups excluding carboxylic acids is 1. The Labute approximate surface area is 131 Å². The molecule has 1 aliphatic heterocycles. The molecule has 1 unspecified atom stereocenters. The fourth-order valence-corrected chi connectivity index (χ4v) is 3.64. The van der Waals surface area contributed by atoms with Crippen LogP contribution in [0.2, 0.25) is 0 Å². The molecule has 0 saturated heterocycles. The average molecular weight is 308 g/mol. The van der Waals surface area contributed by atoms with E-state index in [0.717, 1.165) is 24.2 Å². The lowest BCUT2D eigenvalue weighted by Gasteiger charge is -2.35. The second-order valence-corrected chi connectivity index (χ2v) is 6.31. The Morgan fingerprint density at radius 3 is 2.71 bits per heavy atom. The Kier molecular flexibility index (Phi) is 4.69. The number of rotatable bonds is 4. The predicted molar refractivity (Wildman–Crippen MR) is 83.9 cm³/mol. The van der Waals surface area contributed by atoms with E-state index in [1.54, 1.807) is 0 Å². The lowest BCUT2D eigenvalue weighted by molar-refractivity contribution is -0.140. The molecule has 1 aromatic rings. The number of hydrogen-bond acceptors (Lipinski definition) is 2. The summed E-state index contributed by atoms with van der Waals surface area (Å²) in [6.07, 6.45) is 6.22. The lowest BCUT2D eigenvalue weighted by Crippen LogP contribution is -2.48. The summed E-state index contributed by atoms with van der Waals surface area (Å²) in [6.45, 7) is 0.626. The third-order valence-corrected chi connectivity index (χ3v) is 4.72. The molecular weight excluding hydrogens is 286 g/mol. The van der Waals surface area contributed by atoms with Crippen molar-refractivity contribution in [3.05, 3.63) is 29.8 Å². The molecule has 114 valence electrons. The second kappa shape index (κ2) is 6.69. The predicted octanol–water partition coefficient (Wildman–Crippen LogP) is 3.39. The van der Waals surface area contributed by atoms with Crippen LogP contribution in [-0.2, 0) is 11.2 Å². The van der Waals surface area contributed by atoms with Crippen molar-refractivity contribution in [2.75, 3.05) is 12.4 Å². The summed E-state index contributed by atoms with van der Waals surface area (Å²) in [6, 6.07) is 8.26. The van der Waals surface area contributed by atoms with Crippen molar-refractivity contribution < 1.29 is 9.53 Å². The summed E-state index contributed by atoms with van der Waals surface area (Å²) in [5, 5.41) is 0. The largest absolute Gasteiger partial charge is 0.480 e. The molecule has 1 aliphatic carbocycles. The van der Waals surface area contributed by atoms with Gasteiger partial charge in [-0.05, 0) is 24.5 Å². The topological polar surface area (TPSA) is 29.5 Å². The SMILES string of the molecule is O=C(C1Cc2ccccc2O1)N(CCCl)C1CCCCC1. The zero-order chi connectivity index (χ0) is 14.7. The monoisotopic (exact) mass is 307 g/mol. The van der Waals surface area contributed by atoms with Crippen molar-refractivity contribution in [3.8, 4) is 5.75 Å². The van der Waals surface area contributed by atoms with Crippen molar-refractivity contribution in [3.63, 3.8) is 0 Å². The molecule has 0 aromatic heterocycles. The number of hydrogen-bond donors (Lipinski definition) is 0. The van der Waals surface area contributed by atoms with Gasteiger partial charge in [0.05, 0.1) is 0 Å². The second-order valence-electron chi connectivity index (χ2n) is 5.93. The first kappa shape index (κ1) is 14.7. The van der Waals surface area contributed by atoms with E-state index < -0.39 is 0 Å². The van der Waals surface area contributed by atoms with E-state index in [4.69, 9.17) is 16.3 Å². The van der Waals surface area contributed by atoms with Gasteiger partial charge in [-0.2, -0.15) is 0 Å². The van der Waals surface area contributed by atoms with Gasteiger partial charge in [-0.25, -0.2) is 0 Å². The number of nitrogens with zero attached hydrogens (tertiary/aromatic N) is 1. The van der Waals surface area contributed by atoms with E-state index in [2.05, 4.69) is 0 Å². The molecule has 1 fully saturated rings. The molecule has 0 spiro atoms. The number of carbonyl (C=O) groups is 1. The van der Waals surface area contributed by atoms with Gasteiger partial charge in [-0.3, -0.25) is 4.79 Å². The minimum atomic E-state index is -0.368. The van der Waals surface area contributed by atoms with Crippen LogP contribution in [0.25, 0.3) is 0 Å². The third kappa shape index (κ3) is 3.18. The van der Waals surface area contributed by atoms with Gasteiger partial charge in [0.25, 0.3) is 5.91 Å². The van der Waals surface area contributed by atoms with Gasteiger partial charge in [0.2, 0.25) is 0 Å². The first-order chi connectivity index (χ1) is 10.3. The maximum atomic E-state index is 12.8. The van der Waals surface area contributed by atoms with Gasteiger partial charge >= 0.3 is 0 Å². The van der Waals surface area contributed by atoms with Gasteiger partial charge in [-0.1, -0.05) is 37.5 Å². The zero-order valence-electron chi connectivity index (χ0n) is 12.3. The standard InChI is InChI=1S/C17H22ClNO2/c18-10-11-19(14-7-2-1-3-8-14)17(20)16-12-13-6-4-5-9-15(13)21-16/h4-6,9,14,16H,1-3,7-8,10-12H2. The van der Waals surface area contributed by atoms with Crippen LogP contribution in [0.15, 0.2) is 24.3 Å². The maximum Gasteiger partial charge on any atom is 0.264 e. The summed E-state index contributed by atoms with van der Waals surface area (Å²) < 4.78 is 5.85. The molecule has 1 saturated carbocycles. The number of alkyl halides is 1. The Bertz CT molecular complexity index is 474. The van der Waals surface area contributed by atoms with Gasteiger partial charge < -0.3 is 9.64 Å². The molecular formula is C17H22ClNO2. The minimum absolute atomic E-state index is 0.110. The van der Waals surface area contributed by atoms with Crippen molar-refractivity contribution in [1.29, 1.82) is 0 Å². The summed E-state index contributed by atoms with van der Waals surface area (Å²) in [7, 11) is 0. The van der Waals surface area contributed by atoms with E-state index in [0.29, 0.717) is 24.9 Å². The van der Waals surface area contributed by atoms with E-state index in [9.17, 15) is 4.79 Å². The van der Waals surface area contributed by atoms with E-state index in [1.165, 1.54) is 19.3 Å². The molecule has 0 bridgehead atoms. The molecule has 2 aliphatic rings. The number of benzene rings is 1. The summed E-state index contributed by atoms with van der Waals surface area (Å²) in [5.74, 6) is 1.45. The highest BCUT2D eigenvalue weighted by atomic mass is 35.5. The van der Waals surface area contributed by atoms with Crippen LogP contribution < -0.4 is 4.74 Å². The highest BCUT2D eigenvalue weighted by molar-refractivity contribution is 6.18. The molecule has 1 atom stereocenters. The third-order valence-electron chi connectivity index (χ3n) is 4.55. The molecule has 1 heterocycles. The number of para-hydroxylation sites is 1. The van der Waals surface area contributed by atoms with Crippen LogP contribution in [0.4, 0.5) is 0 Å². The molecule has 3 rings (SSSR count). The first-order valence-electron chi connectivity index (χ1n) is 7.90. The van der Waals surface area contributed by atoms with Crippen LogP contribution in [-0.4, -0.2) is 35.4 Å². The van der Waals surface area contributed by atoms with Gasteiger partial charge in [-0.15, -0.1) is 11.6 Å². The van der Waals surface area contributed by atoms with Gasteiger partial charge in [0, 0.05) is 24.9 Å². The van der Waals surface area contributed by atoms with Crippen LogP contribution in [0.1, 0.15) is 37.7 Å². The van der Waals surface area contributed by atoms with E-state index in [-0.39, 0.29) is 12.0 Å². The van der Waals surface area contributed by atoms with E-state index >= 15 is 0 Å². The fraction of sp³-hybridized carbons (Fsp3) is 0.588. The highest BCUT2D eigenvalue weighted by Crippen LogP contribution is 2.30. The number of fused-ring (bicyclic) bond motifs is 1. The lowest BCUT2D eigenvalue weighted by atomic mass is 9.93. The molecule has 1 amide bonds. The van der Waals surface area contributed by atoms with E-state index in [1.807, 2.05) is 29.2 Å². The Morgan fingerprint density at radius 2 is 2.00 bits per heavy atom. The van der Waals surface area contributed by atoms with Crippen molar-refractivity contribution in [2.24, 2.45) is 0 Å². The Morgan fingerprint density at radius 1 is 1.24 bits per heavy atom. The van der Waals surface area contributed by atoms with Crippen LogP contribution in [0, 0.1) is 0 Å². The maximum absolute atomic E-state index is 12.8. The number of halogens is 1. The zero-order valence-corrected chi connectivity index (χ0v) is 13.0. The van der Waals surface area contributed by atoms with Crippen LogP contribution in [0.5, 0.6) is 5.75 Å². The van der Waals surface area contributed by atoms with Crippen LogP contribution in [0.3, 0.4) is 0 Å². The van der Waals surface area contributed by atoms with Crippen LogP contribution >= 0.6 is 11.6 Å². The molecule has 3 nitrogen and oxygen atoms in total. The van der Waals surface area contributed by atoms with Gasteiger partial charge in [0.1, 0.15) is 5.75 Å². The average Bonchev–Trinajstić information content (AvgIpc) is 2.97. The summed E-state index contributed by atoms with van der Waals surface area (Å²) in [5.41, 5.74) is 1.13. The molecule has 4 heteroatoms. The molecule has 0 radical (unpaired) electrons. The minimum Gasteiger partial charge on any atom is -0.480 e. The van der Waals surface area contributed by atoms with Crippen molar-refractivity contribution >= 4 is 17.5 Å². The first-order valence-corrected chi connectivity index (χ1v) is 8.44. The van der Waals surface area contributed by atoms with Crippen molar-refractivity contribution in [2.45, 2.75) is 50.7 Å². The van der Waals surface area contributed by atoms with Gasteiger partial charge in [0.15, 0.2) is 6.10 Å². The molecule has 0 N–H and O–H groups in total. The summed E-state index contributed by atoms with van der Waals surface area (Å²) >= 11 is 5.92. The number of amides is 1. The fourth-order valence-electron chi connectivity index (χ4n) is 3.46. The molecule has 21 heavy (non-hydrogen) atoms. The van der Waals surface area contributed by atoms with Crippen molar-refractivity contribution in [1.82, 2.24) is 4.90 Å². The Hall–Kier alpha value is -1.22. The number of ether oxygens (including phenoxy) is 1. The smallest absolute Gasteiger partial charge is 0.264 e. The summed E-state index contributed by atoms with van der Waals surface area (Å²) in [4.78, 5) is 14.8. The normalized spacial score (nSPS) is 21.7.